The summed E-state index contributed by atoms with van der Waals surface area (Å²) in [6.45, 7) is 6.74. The molecule has 1 aliphatic carbocycles. The summed E-state index contributed by atoms with van der Waals surface area (Å²) in [5.41, 5.74) is 5.22. The molecule has 0 spiro atoms. The van der Waals surface area contributed by atoms with Gasteiger partial charge in [-0.3, -0.25) is 0 Å². The first-order valence-corrected chi connectivity index (χ1v) is 5.39. The Balaban J connectivity index is 2.86. The number of hydrogen-bond donors (Lipinski definition) is 2. The van der Waals surface area contributed by atoms with Crippen molar-refractivity contribution in [1.29, 1.82) is 0 Å². The van der Waals surface area contributed by atoms with Gasteiger partial charge in [-0.05, 0) is 25.7 Å². The second-order valence-electron chi connectivity index (χ2n) is 4.99. The van der Waals surface area contributed by atoms with Crippen LogP contribution in [0, 0.1) is 11.3 Å². The third-order valence-corrected chi connectivity index (χ3v) is 4.15. The monoisotopic (exact) mass is 185 g/mol. The van der Waals surface area contributed by atoms with Crippen LogP contribution in [0.15, 0.2) is 0 Å². The molecule has 78 valence electrons. The van der Waals surface area contributed by atoms with Crippen LogP contribution in [0.5, 0.6) is 0 Å². The highest BCUT2D eigenvalue weighted by molar-refractivity contribution is 5.01. The molecule has 2 heteroatoms. The summed E-state index contributed by atoms with van der Waals surface area (Å²) in [4.78, 5) is 0. The molecule has 0 radical (unpaired) electrons. The van der Waals surface area contributed by atoms with Gasteiger partial charge in [-0.1, -0.05) is 26.7 Å². The fraction of sp³-hybridized carbons (Fsp3) is 1.00. The van der Waals surface area contributed by atoms with Crippen LogP contribution in [0.4, 0.5) is 0 Å². The lowest BCUT2D eigenvalue weighted by atomic mass is 9.66. The van der Waals surface area contributed by atoms with Crippen molar-refractivity contribution in [2.24, 2.45) is 17.1 Å². The number of nitrogens with two attached hydrogens (primary N) is 1. The van der Waals surface area contributed by atoms with Crippen LogP contribution >= 0.6 is 0 Å². The van der Waals surface area contributed by atoms with Crippen molar-refractivity contribution in [3.8, 4) is 0 Å². The molecule has 1 fully saturated rings. The molecule has 2 nitrogen and oxygen atoms in total. The van der Waals surface area contributed by atoms with E-state index in [1.807, 2.05) is 6.92 Å². The second kappa shape index (κ2) is 3.58. The van der Waals surface area contributed by atoms with Crippen LogP contribution in [0.2, 0.25) is 0 Å². The Hall–Kier alpha value is -0.0800. The highest BCUT2D eigenvalue weighted by Gasteiger charge is 2.49. The van der Waals surface area contributed by atoms with Gasteiger partial charge < -0.3 is 10.8 Å². The minimum Gasteiger partial charge on any atom is -0.389 e. The summed E-state index contributed by atoms with van der Waals surface area (Å²) in [7, 11) is 0. The molecule has 0 aliphatic heterocycles. The summed E-state index contributed by atoms with van der Waals surface area (Å²) in [5, 5.41) is 10.5. The van der Waals surface area contributed by atoms with E-state index in [2.05, 4.69) is 13.8 Å². The Morgan fingerprint density at radius 1 is 1.38 bits per heavy atom. The van der Waals surface area contributed by atoms with Crippen molar-refractivity contribution in [3.63, 3.8) is 0 Å². The zero-order valence-electron chi connectivity index (χ0n) is 9.14. The van der Waals surface area contributed by atoms with Crippen LogP contribution < -0.4 is 5.73 Å². The molecule has 0 bridgehead atoms. The largest absolute Gasteiger partial charge is 0.389 e. The highest BCUT2D eigenvalue weighted by Crippen LogP contribution is 2.48. The predicted molar refractivity (Wildman–Crippen MR) is 55.4 cm³/mol. The van der Waals surface area contributed by atoms with Crippen LogP contribution in [-0.4, -0.2) is 17.3 Å². The van der Waals surface area contributed by atoms with Gasteiger partial charge in [0.2, 0.25) is 0 Å². The molecule has 0 aromatic heterocycles. The fourth-order valence-corrected chi connectivity index (χ4v) is 2.58. The van der Waals surface area contributed by atoms with Gasteiger partial charge >= 0.3 is 0 Å². The molecule has 0 saturated heterocycles. The van der Waals surface area contributed by atoms with Crippen molar-refractivity contribution in [3.05, 3.63) is 0 Å². The van der Waals surface area contributed by atoms with Crippen LogP contribution in [-0.2, 0) is 0 Å². The van der Waals surface area contributed by atoms with Crippen molar-refractivity contribution in [2.75, 3.05) is 6.54 Å². The molecule has 13 heavy (non-hydrogen) atoms. The minimum absolute atomic E-state index is 0.0127. The Labute approximate surface area is 81.5 Å². The molecule has 1 saturated carbocycles. The van der Waals surface area contributed by atoms with E-state index < -0.39 is 5.60 Å². The van der Waals surface area contributed by atoms with Crippen LogP contribution in [0.3, 0.4) is 0 Å². The Kier molecular flexibility index (Phi) is 3.03. The average molecular weight is 185 g/mol. The summed E-state index contributed by atoms with van der Waals surface area (Å²) >= 11 is 0. The van der Waals surface area contributed by atoms with Gasteiger partial charge in [0.15, 0.2) is 0 Å². The maximum absolute atomic E-state index is 10.5. The third-order valence-electron chi connectivity index (χ3n) is 4.15. The molecule has 1 aliphatic rings. The first-order valence-electron chi connectivity index (χ1n) is 5.39. The Morgan fingerprint density at radius 2 is 1.85 bits per heavy atom. The molecule has 1 unspecified atom stereocenters. The van der Waals surface area contributed by atoms with E-state index >= 15 is 0 Å². The van der Waals surface area contributed by atoms with Crippen molar-refractivity contribution < 1.29 is 5.11 Å². The minimum atomic E-state index is -0.599. The molecular formula is C11H23NO. The first-order chi connectivity index (χ1) is 5.96. The van der Waals surface area contributed by atoms with E-state index in [-0.39, 0.29) is 11.3 Å². The number of rotatable bonds is 3. The Bertz CT molecular complexity index is 169. The molecule has 3 N–H and O–H groups in total. The SMILES string of the molecule is CC(C)C(C)(O)C1(CN)CCCC1. The van der Waals surface area contributed by atoms with Crippen LogP contribution in [0.25, 0.3) is 0 Å². The van der Waals surface area contributed by atoms with E-state index in [4.69, 9.17) is 5.73 Å². The van der Waals surface area contributed by atoms with E-state index in [9.17, 15) is 5.11 Å². The van der Waals surface area contributed by atoms with Gasteiger partial charge in [-0.25, -0.2) is 0 Å². The second-order valence-corrected chi connectivity index (χ2v) is 4.99. The first kappa shape index (κ1) is 11.0. The Morgan fingerprint density at radius 3 is 2.15 bits per heavy atom. The molecule has 1 atom stereocenters. The summed E-state index contributed by atoms with van der Waals surface area (Å²) < 4.78 is 0. The lowest BCUT2D eigenvalue weighted by Crippen LogP contribution is -2.52. The molecule has 0 heterocycles. The van der Waals surface area contributed by atoms with Gasteiger partial charge in [-0.15, -0.1) is 0 Å². The maximum Gasteiger partial charge on any atom is 0.0710 e. The summed E-state index contributed by atoms with van der Waals surface area (Å²) in [6, 6.07) is 0. The van der Waals surface area contributed by atoms with Gasteiger partial charge in [0.05, 0.1) is 5.60 Å². The van der Waals surface area contributed by atoms with Gasteiger partial charge in [0.1, 0.15) is 0 Å². The average Bonchev–Trinajstić information content (AvgIpc) is 2.53. The standard InChI is InChI=1S/C11H23NO/c1-9(2)10(3,13)11(8-12)6-4-5-7-11/h9,13H,4-8,12H2,1-3H3. The topological polar surface area (TPSA) is 46.2 Å². The zero-order chi connectivity index (χ0) is 10.1. The molecule has 0 amide bonds. The van der Waals surface area contributed by atoms with Crippen molar-refractivity contribution in [1.82, 2.24) is 0 Å². The zero-order valence-corrected chi connectivity index (χ0v) is 9.14. The normalized spacial score (nSPS) is 26.3. The van der Waals surface area contributed by atoms with E-state index in [0.717, 1.165) is 12.8 Å². The van der Waals surface area contributed by atoms with Gasteiger partial charge in [-0.2, -0.15) is 0 Å². The van der Waals surface area contributed by atoms with E-state index in [1.165, 1.54) is 12.8 Å². The molecular weight excluding hydrogens is 162 g/mol. The van der Waals surface area contributed by atoms with E-state index in [1.54, 1.807) is 0 Å². The molecule has 0 aromatic rings. The predicted octanol–water partition coefficient (Wildman–Crippen LogP) is 1.91. The van der Waals surface area contributed by atoms with Crippen molar-refractivity contribution in [2.45, 2.75) is 52.1 Å². The van der Waals surface area contributed by atoms with E-state index in [0.29, 0.717) is 6.54 Å². The smallest absolute Gasteiger partial charge is 0.0710 e. The van der Waals surface area contributed by atoms with Gasteiger partial charge in [0, 0.05) is 12.0 Å². The molecule has 1 rings (SSSR count). The lowest BCUT2D eigenvalue weighted by molar-refractivity contribution is -0.0974. The summed E-state index contributed by atoms with van der Waals surface area (Å²) in [6.07, 6.45) is 4.63. The van der Waals surface area contributed by atoms with Crippen molar-refractivity contribution >= 4 is 0 Å². The lowest BCUT2D eigenvalue weighted by Gasteiger charge is -2.45. The number of aliphatic hydroxyl groups is 1. The quantitative estimate of drug-likeness (QED) is 0.705. The summed E-state index contributed by atoms with van der Waals surface area (Å²) in [5.74, 6) is 0.286. The van der Waals surface area contributed by atoms with Crippen LogP contribution in [0.1, 0.15) is 46.5 Å². The fourth-order valence-electron chi connectivity index (χ4n) is 2.58. The number of hydrogen-bond acceptors (Lipinski definition) is 2. The molecule has 0 aromatic carbocycles. The van der Waals surface area contributed by atoms with Gasteiger partial charge in [0.25, 0.3) is 0 Å². The highest BCUT2D eigenvalue weighted by atomic mass is 16.3. The third kappa shape index (κ3) is 1.62. The maximum atomic E-state index is 10.5.